The predicted octanol–water partition coefficient (Wildman–Crippen LogP) is 1.68. The molecule has 1 aromatic heterocycles. The first-order valence-electron chi connectivity index (χ1n) is 7.94. The van der Waals surface area contributed by atoms with Gasteiger partial charge in [-0.3, -0.25) is 14.4 Å². The summed E-state index contributed by atoms with van der Waals surface area (Å²) in [6.07, 6.45) is 2.78. The molecule has 0 aliphatic carbocycles. The minimum absolute atomic E-state index is 0.0948. The lowest BCUT2D eigenvalue weighted by atomic mass is 9.97. The zero-order valence-corrected chi connectivity index (χ0v) is 13.6. The van der Waals surface area contributed by atoms with Crippen LogP contribution >= 0.6 is 11.3 Å². The van der Waals surface area contributed by atoms with Crippen molar-refractivity contribution in [3.05, 3.63) is 22.4 Å². The summed E-state index contributed by atoms with van der Waals surface area (Å²) >= 11 is 1.38. The minimum atomic E-state index is -0.847. The molecule has 0 bridgehead atoms. The maximum atomic E-state index is 12.8. The monoisotopic (exact) mass is 336 g/mol. The van der Waals surface area contributed by atoms with E-state index in [2.05, 4.69) is 0 Å². The van der Waals surface area contributed by atoms with Gasteiger partial charge in [-0.2, -0.15) is 0 Å². The van der Waals surface area contributed by atoms with Crippen molar-refractivity contribution in [2.24, 2.45) is 5.92 Å². The molecule has 7 heteroatoms. The molecule has 23 heavy (non-hydrogen) atoms. The fraction of sp³-hybridized carbons (Fsp3) is 0.562. The van der Waals surface area contributed by atoms with Gasteiger partial charge in [0, 0.05) is 19.6 Å². The van der Waals surface area contributed by atoms with Crippen LogP contribution in [0.3, 0.4) is 0 Å². The Labute approximate surface area is 138 Å². The molecule has 1 N–H and O–H groups in total. The molecular weight excluding hydrogens is 316 g/mol. The highest BCUT2D eigenvalue weighted by atomic mass is 32.1. The van der Waals surface area contributed by atoms with Crippen LogP contribution in [-0.2, 0) is 9.59 Å². The van der Waals surface area contributed by atoms with E-state index in [1.54, 1.807) is 15.9 Å². The number of carbonyl (C=O) groups excluding carboxylic acids is 2. The molecule has 3 rings (SSSR count). The van der Waals surface area contributed by atoms with Gasteiger partial charge < -0.3 is 14.9 Å². The van der Waals surface area contributed by atoms with Gasteiger partial charge in [-0.25, -0.2) is 0 Å². The second-order valence-electron chi connectivity index (χ2n) is 6.10. The first kappa shape index (κ1) is 16.0. The molecule has 2 aliphatic heterocycles. The Morgan fingerprint density at radius 2 is 1.96 bits per heavy atom. The number of amides is 2. The predicted molar refractivity (Wildman–Crippen MR) is 85.3 cm³/mol. The van der Waals surface area contributed by atoms with E-state index in [0.29, 0.717) is 37.2 Å². The van der Waals surface area contributed by atoms with Crippen molar-refractivity contribution in [1.29, 1.82) is 0 Å². The van der Waals surface area contributed by atoms with E-state index in [1.807, 2.05) is 11.4 Å². The fourth-order valence-electron chi connectivity index (χ4n) is 3.40. The van der Waals surface area contributed by atoms with Gasteiger partial charge in [0.1, 0.15) is 6.04 Å². The number of carbonyl (C=O) groups is 3. The van der Waals surface area contributed by atoms with Crippen LogP contribution in [-0.4, -0.2) is 58.4 Å². The Kier molecular flexibility index (Phi) is 4.66. The molecule has 0 radical (unpaired) electrons. The third-order valence-corrected chi connectivity index (χ3v) is 5.47. The van der Waals surface area contributed by atoms with Crippen molar-refractivity contribution in [1.82, 2.24) is 9.80 Å². The lowest BCUT2D eigenvalue weighted by Gasteiger charge is -2.34. The van der Waals surface area contributed by atoms with E-state index in [1.165, 1.54) is 11.3 Å². The quantitative estimate of drug-likeness (QED) is 0.911. The zero-order valence-electron chi connectivity index (χ0n) is 12.8. The molecule has 0 saturated carbocycles. The molecule has 6 nitrogen and oxygen atoms in total. The zero-order chi connectivity index (χ0) is 16.4. The van der Waals surface area contributed by atoms with Crippen LogP contribution in [0, 0.1) is 5.92 Å². The molecule has 0 spiro atoms. The van der Waals surface area contributed by atoms with Crippen molar-refractivity contribution in [2.45, 2.75) is 31.7 Å². The Morgan fingerprint density at radius 3 is 2.65 bits per heavy atom. The van der Waals surface area contributed by atoms with Crippen molar-refractivity contribution in [3.8, 4) is 0 Å². The number of rotatable bonds is 3. The van der Waals surface area contributed by atoms with Crippen molar-refractivity contribution in [2.75, 3.05) is 19.6 Å². The fourth-order valence-corrected chi connectivity index (χ4v) is 4.08. The highest BCUT2D eigenvalue weighted by molar-refractivity contribution is 7.12. The first-order chi connectivity index (χ1) is 11.1. The van der Waals surface area contributed by atoms with Crippen LogP contribution in [0.4, 0.5) is 0 Å². The molecule has 2 amide bonds. The first-order valence-corrected chi connectivity index (χ1v) is 8.82. The van der Waals surface area contributed by atoms with Crippen LogP contribution < -0.4 is 0 Å². The van der Waals surface area contributed by atoms with Gasteiger partial charge in [-0.15, -0.1) is 11.3 Å². The third kappa shape index (κ3) is 3.24. The van der Waals surface area contributed by atoms with E-state index in [9.17, 15) is 14.4 Å². The van der Waals surface area contributed by atoms with Crippen LogP contribution in [0.25, 0.3) is 0 Å². The number of nitrogens with zero attached hydrogens (tertiary/aromatic N) is 2. The number of aliphatic carboxylic acids is 1. The molecule has 2 atom stereocenters. The van der Waals surface area contributed by atoms with Gasteiger partial charge in [-0.05, 0) is 37.1 Å². The highest BCUT2D eigenvalue weighted by Crippen LogP contribution is 2.26. The SMILES string of the molecule is O=C(O)C1CCCN(C(=O)C2CCCN2C(=O)c2cccs2)C1. The molecule has 2 aliphatic rings. The van der Waals surface area contributed by atoms with Gasteiger partial charge in [0.15, 0.2) is 0 Å². The summed E-state index contributed by atoms with van der Waals surface area (Å²) < 4.78 is 0. The number of carboxylic acid groups (broad SMARTS) is 1. The molecule has 124 valence electrons. The number of thiophene rings is 1. The van der Waals surface area contributed by atoms with Gasteiger partial charge >= 0.3 is 5.97 Å². The molecule has 2 fully saturated rings. The number of carboxylic acids is 1. The van der Waals surface area contributed by atoms with E-state index in [0.717, 1.165) is 6.42 Å². The van der Waals surface area contributed by atoms with E-state index in [-0.39, 0.29) is 18.4 Å². The van der Waals surface area contributed by atoms with E-state index >= 15 is 0 Å². The van der Waals surface area contributed by atoms with Crippen LogP contribution in [0.1, 0.15) is 35.4 Å². The second-order valence-corrected chi connectivity index (χ2v) is 7.04. The smallest absolute Gasteiger partial charge is 0.308 e. The summed E-state index contributed by atoms with van der Waals surface area (Å²) in [5, 5.41) is 11.0. The van der Waals surface area contributed by atoms with Gasteiger partial charge in [0.05, 0.1) is 10.8 Å². The molecular formula is C16H20N2O4S. The molecule has 2 saturated heterocycles. The van der Waals surface area contributed by atoms with Crippen LogP contribution in [0.15, 0.2) is 17.5 Å². The van der Waals surface area contributed by atoms with Crippen LogP contribution in [0.2, 0.25) is 0 Å². The highest BCUT2D eigenvalue weighted by Gasteiger charge is 2.39. The Morgan fingerprint density at radius 1 is 1.17 bits per heavy atom. The van der Waals surface area contributed by atoms with Crippen molar-refractivity contribution < 1.29 is 19.5 Å². The van der Waals surface area contributed by atoms with E-state index < -0.39 is 17.9 Å². The average molecular weight is 336 g/mol. The van der Waals surface area contributed by atoms with Gasteiger partial charge in [-0.1, -0.05) is 6.07 Å². The lowest BCUT2D eigenvalue weighted by molar-refractivity contribution is -0.146. The summed E-state index contributed by atoms with van der Waals surface area (Å²) in [5.41, 5.74) is 0. The Bertz CT molecular complexity index is 601. The summed E-state index contributed by atoms with van der Waals surface area (Å²) in [5.74, 6) is -1.53. The van der Waals surface area contributed by atoms with Crippen molar-refractivity contribution >= 4 is 29.1 Å². The summed E-state index contributed by atoms with van der Waals surface area (Å²) in [6.45, 7) is 1.43. The number of piperidine rings is 1. The summed E-state index contributed by atoms with van der Waals surface area (Å²) in [7, 11) is 0. The number of likely N-dealkylation sites (tertiary alicyclic amines) is 2. The van der Waals surface area contributed by atoms with Crippen molar-refractivity contribution in [3.63, 3.8) is 0 Å². The largest absolute Gasteiger partial charge is 0.481 e. The van der Waals surface area contributed by atoms with Gasteiger partial charge in [0.25, 0.3) is 5.91 Å². The molecule has 1 aromatic rings. The maximum Gasteiger partial charge on any atom is 0.308 e. The Hall–Kier alpha value is -1.89. The normalized spacial score (nSPS) is 24.7. The molecule has 0 aromatic carbocycles. The molecule has 3 heterocycles. The average Bonchev–Trinajstić information content (AvgIpc) is 3.25. The number of hydrogen-bond donors (Lipinski definition) is 1. The topological polar surface area (TPSA) is 77.9 Å². The third-order valence-electron chi connectivity index (χ3n) is 4.61. The van der Waals surface area contributed by atoms with Gasteiger partial charge in [0.2, 0.25) is 5.91 Å². The van der Waals surface area contributed by atoms with E-state index in [4.69, 9.17) is 5.11 Å². The number of hydrogen-bond acceptors (Lipinski definition) is 4. The minimum Gasteiger partial charge on any atom is -0.481 e. The standard InChI is InChI=1S/C16H20N2O4S/c19-14(17-7-1-4-11(10-17)16(21)22)12-5-2-8-18(12)15(20)13-6-3-9-23-13/h3,6,9,11-12H,1-2,4-5,7-8,10H2,(H,21,22). The Balaban J connectivity index is 1.70. The molecule has 2 unspecified atom stereocenters. The summed E-state index contributed by atoms with van der Waals surface area (Å²) in [6, 6.07) is 3.15. The maximum absolute atomic E-state index is 12.8. The summed E-state index contributed by atoms with van der Waals surface area (Å²) in [4.78, 5) is 40.4. The van der Waals surface area contributed by atoms with Crippen LogP contribution in [0.5, 0.6) is 0 Å². The lowest BCUT2D eigenvalue weighted by Crippen LogP contribution is -2.51. The second kappa shape index (κ2) is 6.70.